The molecule has 0 aliphatic heterocycles. The number of nitrogens with one attached hydrogen (secondary N) is 1. The fraction of sp³-hybridized carbons (Fsp3) is 0.500. The minimum absolute atomic E-state index is 0.0298. The van der Waals surface area contributed by atoms with Crippen LogP contribution in [0, 0.1) is 11.8 Å². The first-order chi connectivity index (χ1) is 8.20. The molecule has 1 atom stereocenters. The summed E-state index contributed by atoms with van der Waals surface area (Å²) in [6, 6.07) is 4.55. The lowest BCUT2D eigenvalue weighted by atomic mass is 9.98. The van der Waals surface area contributed by atoms with Crippen LogP contribution in [0.4, 0.5) is 11.4 Å². The van der Waals surface area contributed by atoms with E-state index in [1.807, 2.05) is 0 Å². The zero-order chi connectivity index (χ0) is 13.9. The average Bonchev–Trinajstić information content (AvgIpc) is 2.23. The van der Waals surface area contributed by atoms with Crippen LogP contribution in [0.1, 0.15) is 20.8 Å². The van der Waals surface area contributed by atoms with E-state index in [2.05, 4.69) is 26.1 Å². The highest BCUT2D eigenvalue weighted by atomic mass is 32.2. The van der Waals surface area contributed by atoms with Gasteiger partial charge in [-0.05, 0) is 30.0 Å². The average molecular weight is 271 g/mol. The molecule has 0 aromatic heterocycles. The van der Waals surface area contributed by atoms with Gasteiger partial charge in [0.2, 0.25) is 10.0 Å². The van der Waals surface area contributed by atoms with Crippen molar-refractivity contribution in [2.75, 3.05) is 17.6 Å². The molecule has 0 bridgehead atoms. The number of anilines is 2. The van der Waals surface area contributed by atoms with Gasteiger partial charge in [-0.15, -0.1) is 0 Å². The number of hydrogen-bond donors (Lipinski definition) is 3. The molecular weight excluding hydrogens is 250 g/mol. The summed E-state index contributed by atoms with van der Waals surface area (Å²) in [5.74, 6) is 1.03. The van der Waals surface area contributed by atoms with Gasteiger partial charge < -0.3 is 11.1 Å². The SMILES string of the molecule is CC(C)C(C)CNc1cc(N)cc(S(N)(=O)=O)c1. The molecule has 0 fully saturated rings. The standard InChI is InChI=1S/C12H21N3O2S/c1-8(2)9(3)7-15-11-4-10(13)5-12(6-11)18(14,16)17/h4-6,8-9,15H,7,13H2,1-3H3,(H2,14,16,17). The predicted octanol–water partition coefficient (Wildman–Crippen LogP) is 1.62. The largest absolute Gasteiger partial charge is 0.399 e. The molecule has 1 rings (SSSR count). The Bertz CT molecular complexity index is 512. The molecule has 6 heteroatoms. The summed E-state index contributed by atoms with van der Waals surface area (Å²) in [6.07, 6.45) is 0. The summed E-state index contributed by atoms with van der Waals surface area (Å²) < 4.78 is 22.6. The minimum Gasteiger partial charge on any atom is -0.399 e. The molecule has 0 spiro atoms. The molecule has 0 heterocycles. The first-order valence-electron chi connectivity index (χ1n) is 5.87. The molecule has 0 saturated carbocycles. The molecule has 18 heavy (non-hydrogen) atoms. The van der Waals surface area contributed by atoms with Gasteiger partial charge >= 0.3 is 0 Å². The van der Waals surface area contributed by atoms with Crippen molar-refractivity contribution < 1.29 is 8.42 Å². The van der Waals surface area contributed by atoms with Crippen molar-refractivity contribution in [3.8, 4) is 0 Å². The van der Waals surface area contributed by atoms with Crippen molar-refractivity contribution >= 4 is 21.4 Å². The second kappa shape index (κ2) is 5.58. The van der Waals surface area contributed by atoms with Crippen LogP contribution in [0.2, 0.25) is 0 Å². The van der Waals surface area contributed by atoms with E-state index in [9.17, 15) is 8.42 Å². The molecule has 0 radical (unpaired) electrons. The summed E-state index contributed by atoms with van der Waals surface area (Å²) in [6.45, 7) is 7.17. The van der Waals surface area contributed by atoms with Gasteiger partial charge in [0.15, 0.2) is 0 Å². The van der Waals surface area contributed by atoms with E-state index >= 15 is 0 Å². The van der Waals surface area contributed by atoms with Crippen molar-refractivity contribution in [1.82, 2.24) is 0 Å². The van der Waals surface area contributed by atoms with Gasteiger partial charge in [0.05, 0.1) is 4.90 Å². The fourth-order valence-corrected chi connectivity index (χ4v) is 1.99. The Labute approximate surface area is 109 Å². The Morgan fingerprint density at radius 1 is 1.22 bits per heavy atom. The maximum absolute atomic E-state index is 11.3. The molecule has 5 nitrogen and oxygen atoms in total. The van der Waals surface area contributed by atoms with Crippen LogP contribution < -0.4 is 16.2 Å². The van der Waals surface area contributed by atoms with Crippen LogP contribution in [0.5, 0.6) is 0 Å². The Morgan fingerprint density at radius 2 is 1.83 bits per heavy atom. The Hall–Kier alpha value is -1.27. The van der Waals surface area contributed by atoms with Gasteiger partial charge in [0, 0.05) is 17.9 Å². The highest BCUT2D eigenvalue weighted by molar-refractivity contribution is 7.89. The molecule has 0 aliphatic carbocycles. The number of sulfonamides is 1. The monoisotopic (exact) mass is 271 g/mol. The number of hydrogen-bond acceptors (Lipinski definition) is 4. The van der Waals surface area contributed by atoms with E-state index < -0.39 is 10.0 Å². The van der Waals surface area contributed by atoms with Gasteiger partial charge in [0.1, 0.15) is 0 Å². The molecular formula is C12H21N3O2S. The van der Waals surface area contributed by atoms with Gasteiger partial charge in [-0.1, -0.05) is 20.8 Å². The highest BCUT2D eigenvalue weighted by Crippen LogP contribution is 2.20. The van der Waals surface area contributed by atoms with Crippen molar-refractivity contribution in [2.24, 2.45) is 17.0 Å². The van der Waals surface area contributed by atoms with Crippen LogP contribution in [-0.4, -0.2) is 15.0 Å². The van der Waals surface area contributed by atoms with Crippen LogP contribution in [0.25, 0.3) is 0 Å². The minimum atomic E-state index is -3.72. The van der Waals surface area contributed by atoms with Crippen molar-refractivity contribution in [3.63, 3.8) is 0 Å². The number of nitrogen functional groups attached to an aromatic ring is 1. The van der Waals surface area contributed by atoms with Crippen LogP contribution in [-0.2, 0) is 10.0 Å². The third-order valence-electron chi connectivity index (χ3n) is 3.02. The number of rotatable bonds is 5. The summed E-state index contributed by atoms with van der Waals surface area (Å²) >= 11 is 0. The van der Waals surface area contributed by atoms with Gasteiger partial charge in [0.25, 0.3) is 0 Å². The van der Waals surface area contributed by atoms with Crippen molar-refractivity contribution in [3.05, 3.63) is 18.2 Å². The van der Waals surface area contributed by atoms with Crippen molar-refractivity contribution in [1.29, 1.82) is 0 Å². The first-order valence-corrected chi connectivity index (χ1v) is 7.42. The van der Waals surface area contributed by atoms with E-state index in [0.29, 0.717) is 23.2 Å². The molecule has 5 N–H and O–H groups in total. The zero-order valence-electron chi connectivity index (χ0n) is 11.0. The molecule has 0 saturated heterocycles. The lowest BCUT2D eigenvalue weighted by molar-refractivity contribution is 0.440. The zero-order valence-corrected chi connectivity index (χ0v) is 11.8. The fourth-order valence-electron chi connectivity index (χ4n) is 1.40. The quantitative estimate of drug-likeness (QED) is 0.709. The summed E-state index contributed by atoms with van der Waals surface area (Å²) in [5, 5.41) is 8.27. The second-order valence-corrected chi connectivity index (χ2v) is 6.50. The van der Waals surface area contributed by atoms with E-state index in [1.165, 1.54) is 12.1 Å². The smallest absolute Gasteiger partial charge is 0.238 e. The Kier molecular flexibility index (Phi) is 4.59. The van der Waals surface area contributed by atoms with Gasteiger partial charge in [-0.3, -0.25) is 0 Å². The van der Waals surface area contributed by atoms with E-state index in [1.54, 1.807) is 6.07 Å². The third-order valence-corrected chi connectivity index (χ3v) is 3.92. The summed E-state index contributed by atoms with van der Waals surface area (Å²) in [5.41, 5.74) is 6.71. The Balaban J connectivity index is 2.88. The number of nitrogens with two attached hydrogens (primary N) is 2. The highest BCUT2D eigenvalue weighted by Gasteiger charge is 2.11. The van der Waals surface area contributed by atoms with E-state index in [4.69, 9.17) is 10.9 Å². The third kappa shape index (κ3) is 4.19. The molecule has 1 aromatic rings. The van der Waals surface area contributed by atoms with E-state index in [-0.39, 0.29) is 4.90 Å². The van der Waals surface area contributed by atoms with E-state index in [0.717, 1.165) is 6.54 Å². The van der Waals surface area contributed by atoms with Crippen LogP contribution >= 0.6 is 0 Å². The molecule has 102 valence electrons. The normalized spacial score (nSPS) is 13.6. The topological polar surface area (TPSA) is 98.2 Å². The predicted molar refractivity (Wildman–Crippen MR) is 74.7 cm³/mol. The van der Waals surface area contributed by atoms with Crippen LogP contribution in [0.15, 0.2) is 23.1 Å². The Morgan fingerprint density at radius 3 is 2.33 bits per heavy atom. The summed E-state index contributed by atoms with van der Waals surface area (Å²) in [4.78, 5) is 0.0298. The second-order valence-electron chi connectivity index (χ2n) is 4.94. The molecule has 0 amide bonds. The maximum Gasteiger partial charge on any atom is 0.238 e. The molecule has 1 unspecified atom stereocenters. The van der Waals surface area contributed by atoms with Crippen LogP contribution in [0.3, 0.4) is 0 Å². The summed E-state index contributed by atoms with van der Waals surface area (Å²) in [7, 11) is -3.72. The molecule has 0 aliphatic rings. The lowest BCUT2D eigenvalue weighted by Gasteiger charge is -2.17. The molecule has 1 aromatic carbocycles. The number of benzene rings is 1. The first kappa shape index (κ1) is 14.8. The number of primary sulfonamides is 1. The maximum atomic E-state index is 11.3. The van der Waals surface area contributed by atoms with Gasteiger partial charge in [-0.2, -0.15) is 0 Å². The van der Waals surface area contributed by atoms with Gasteiger partial charge in [-0.25, -0.2) is 13.6 Å². The lowest BCUT2D eigenvalue weighted by Crippen LogP contribution is -2.17. The van der Waals surface area contributed by atoms with Crippen molar-refractivity contribution in [2.45, 2.75) is 25.7 Å².